The molecule has 1 aromatic carbocycles. The van der Waals surface area contributed by atoms with Crippen LogP contribution in [0.5, 0.6) is 5.75 Å². The van der Waals surface area contributed by atoms with Gasteiger partial charge in [0.25, 0.3) is 0 Å². The maximum atomic E-state index is 6.37. The summed E-state index contributed by atoms with van der Waals surface area (Å²) in [6.45, 7) is 2.96. The average molecular weight is 262 g/mol. The zero-order valence-corrected chi connectivity index (χ0v) is 11.4. The second kappa shape index (κ2) is 5.49. The van der Waals surface area contributed by atoms with Crippen LogP contribution in [0.25, 0.3) is 0 Å². The van der Waals surface area contributed by atoms with Crippen molar-refractivity contribution in [3.05, 3.63) is 29.8 Å². The number of hydrogen-bond donors (Lipinski definition) is 1. The first kappa shape index (κ1) is 12.9. The zero-order valence-electron chi connectivity index (χ0n) is 11.4. The number of fused-ring (bicyclic) bond motifs is 1. The summed E-state index contributed by atoms with van der Waals surface area (Å²) in [4.78, 5) is 2.52. The first-order valence-corrected chi connectivity index (χ1v) is 7.03. The number of ether oxygens (including phenoxy) is 2. The Balaban J connectivity index is 1.70. The number of methoxy groups -OCH3 is 1. The van der Waals surface area contributed by atoms with Gasteiger partial charge in [-0.25, -0.2) is 0 Å². The van der Waals surface area contributed by atoms with E-state index in [1.165, 1.54) is 19.4 Å². The number of nitrogens with zero attached hydrogens (tertiary/aromatic N) is 1. The Morgan fingerprint density at radius 3 is 3.21 bits per heavy atom. The topological polar surface area (TPSA) is 47.7 Å². The number of hydrogen-bond acceptors (Lipinski definition) is 4. The van der Waals surface area contributed by atoms with E-state index in [2.05, 4.69) is 4.90 Å². The molecule has 19 heavy (non-hydrogen) atoms. The monoisotopic (exact) mass is 262 g/mol. The van der Waals surface area contributed by atoms with Crippen molar-refractivity contribution in [3.63, 3.8) is 0 Å². The minimum atomic E-state index is -0.0864. The predicted octanol–water partition coefficient (Wildman–Crippen LogP) is 1.56. The molecule has 3 rings (SSSR count). The Hall–Kier alpha value is -1.10. The second-order valence-corrected chi connectivity index (χ2v) is 5.47. The number of nitrogens with two attached hydrogens (primary N) is 1. The number of benzene rings is 1. The van der Waals surface area contributed by atoms with E-state index in [9.17, 15) is 0 Å². The molecule has 0 spiro atoms. The smallest absolute Gasteiger partial charge is 0.119 e. The quantitative estimate of drug-likeness (QED) is 0.898. The molecular weight excluding hydrogens is 240 g/mol. The lowest BCUT2D eigenvalue weighted by Gasteiger charge is -2.37. The minimum absolute atomic E-state index is 0.0847. The van der Waals surface area contributed by atoms with Crippen LogP contribution < -0.4 is 10.5 Å². The fraction of sp³-hybridized carbons (Fsp3) is 0.600. The summed E-state index contributed by atoms with van der Waals surface area (Å²) in [5.74, 6) is 0.850. The van der Waals surface area contributed by atoms with Crippen LogP contribution in [0.4, 0.5) is 0 Å². The van der Waals surface area contributed by atoms with Crippen LogP contribution >= 0.6 is 0 Å². The van der Waals surface area contributed by atoms with Crippen molar-refractivity contribution in [3.8, 4) is 5.75 Å². The van der Waals surface area contributed by atoms with Crippen LogP contribution in [-0.4, -0.2) is 43.9 Å². The van der Waals surface area contributed by atoms with Crippen LogP contribution in [0.3, 0.4) is 0 Å². The van der Waals surface area contributed by atoms with Gasteiger partial charge in [0.15, 0.2) is 0 Å². The molecule has 3 unspecified atom stereocenters. The summed E-state index contributed by atoms with van der Waals surface area (Å²) in [5, 5.41) is 0. The molecule has 0 aromatic heterocycles. The van der Waals surface area contributed by atoms with E-state index in [0.29, 0.717) is 6.04 Å². The van der Waals surface area contributed by atoms with Gasteiger partial charge in [-0.3, -0.25) is 4.90 Å². The van der Waals surface area contributed by atoms with Gasteiger partial charge in [-0.15, -0.1) is 0 Å². The fourth-order valence-corrected chi connectivity index (χ4v) is 3.12. The molecular formula is C15H22N2O2. The number of rotatable bonds is 3. The Bertz CT molecular complexity index is 438. The van der Waals surface area contributed by atoms with E-state index in [-0.39, 0.29) is 12.1 Å². The summed E-state index contributed by atoms with van der Waals surface area (Å²) >= 11 is 0. The van der Waals surface area contributed by atoms with Crippen molar-refractivity contribution in [2.24, 2.45) is 5.73 Å². The molecule has 0 radical (unpaired) electrons. The van der Waals surface area contributed by atoms with E-state index in [1.54, 1.807) is 7.11 Å². The van der Waals surface area contributed by atoms with Gasteiger partial charge in [0.2, 0.25) is 0 Å². The van der Waals surface area contributed by atoms with Gasteiger partial charge in [-0.05, 0) is 37.1 Å². The highest BCUT2D eigenvalue weighted by molar-refractivity contribution is 5.31. The SMILES string of the molecule is COc1cccc(C(N)C2CN3CCCC3CO2)c1. The summed E-state index contributed by atoms with van der Waals surface area (Å²) < 4.78 is 11.2. The van der Waals surface area contributed by atoms with Crippen molar-refractivity contribution in [2.45, 2.75) is 31.0 Å². The Kier molecular flexibility index (Phi) is 3.73. The third-order valence-corrected chi connectivity index (χ3v) is 4.30. The van der Waals surface area contributed by atoms with E-state index >= 15 is 0 Å². The third-order valence-electron chi connectivity index (χ3n) is 4.30. The van der Waals surface area contributed by atoms with Crippen LogP contribution in [0, 0.1) is 0 Å². The van der Waals surface area contributed by atoms with Gasteiger partial charge in [0, 0.05) is 12.6 Å². The Morgan fingerprint density at radius 2 is 2.37 bits per heavy atom. The molecule has 0 saturated carbocycles. The molecule has 4 heteroatoms. The van der Waals surface area contributed by atoms with Crippen LogP contribution in [-0.2, 0) is 4.74 Å². The average Bonchev–Trinajstić information content (AvgIpc) is 2.94. The van der Waals surface area contributed by atoms with Gasteiger partial charge in [-0.1, -0.05) is 12.1 Å². The molecule has 2 aliphatic rings. The maximum Gasteiger partial charge on any atom is 0.119 e. The summed E-state index contributed by atoms with van der Waals surface area (Å²) in [6.07, 6.45) is 2.64. The van der Waals surface area contributed by atoms with Crippen LogP contribution in [0.15, 0.2) is 24.3 Å². The lowest BCUT2D eigenvalue weighted by molar-refractivity contribution is -0.0597. The molecule has 2 heterocycles. The molecule has 0 amide bonds. The third kappa shape index (κ3) is 2.61. The molecule has 0 aliphatic carbocycles. The van der Waals surface area contributed by atoms with Gasteiger partial charge >= 0.3 is 0 Å². The summed E-state index contributed by atoms with van der Waals surface area (Å²) in [6, 6.07) is 8.51. The second-order valence-electron chi connectivity index (χ2n) is 5.47. The molecule has 4 nitrogen and oxygen atoms in total. The van der Waals surface area contributed by atoms with Gasteiger partial charge in [-0.2, -0.15) is 0 Å². The predicted molar refractivity (Wildman–Crippen MR) is 74.3 cm³/mol. The summed E-state index contributed by atoms with van der Waals surface area (Å²) in [5.41, 5.74) is 7.45. The van der Waals surface area contributed by atoms with E-state index in [1.807, 2.05) is 24.3 Å². The largest absolute Gasteiger partial charge is 0.497 e. The van der Waals surface area contributed by atoms with Crippen molar-refractivity contribution in [2.75, 3.05) is 26.8 Å². The van der Waals surface area contributed by atoms with E-state index in [4.69, 9.17) is 15.2 Å². The van der Waals surface area contributed by atoms with Gasteiger partial charge in [0.05, 0.1) is 25.9 Å². The van der Waals surface area contributed by atoms with Gasteiger partial charge < -0.3 is 15.2 Å². The molecule has 2 saturated heterocycles. The van der Waals surface area contributed by atoms with Crippen molar-refractivity contribution in [1.29, 1.82) is 0 Å². The van der Waals surface area contributed by atoms with Crippen molar-refractivity contribution in [1.82, 2.24) is 4.90 Å². The number of morpholine rings is 1. The van der Waals surface area contributed by atoms with E-state index < -0.39 is 0 Å². The van der Waals surface area contributed by atoms with Crippen molar-refractivity contribution < 1.29 is 9.47 Å². The lowest BCUT2D eigenvalue weighted by Crippen LogP contribution is -2.49. The van der Waals surface area contributed by atoms with E-state index in [0.717, 1.165) is 24.5 Å². The van der Waals surface area contributed by atoms with Crippen molar-refractivity contribution >= 4 is 0 Å². The zero-order chi connectivity index (χ0) is 13.2. The van der Waals surface area contributed by atoms with Crippen LogP contribution in [0.1, 0.15) is 24.4 Å². The molecule has 2 N–H and O–H groups in total. The fourth-order valence-electron chi connectivity index (χ4n) is 3.12. The summed E-state index contributed by atoms with van der Waals surface area (Å²) in [7, 11) is 1.68. The van der Waals surface area contributed by atoms with Crippen LogP contribution in [0.2, 0.25) is 0 Å². The molecule has 0 bridgehead atoms. The molecule has 3 atom stereocenters. The highest BCUT2D eigenvalue weighted by atomic mass is 16.5. The highest BCUT2D eigenvalue weighted by Gasteiger charge is 2.35. The van der Waals surface area contributed by atoms with Gasteiger partial charge in [0.1, 0.15) is 5.75 Å². The molecule has 2 aliphatic heterocycles. The normalized spacial score (nSPS) is 28.9. The molecule has 2 fully saturated rings. The Morgan fingerprint density at radius 1 is 1.47 bits per heavy atom. The minimum Gasteiger partial charge on any atom is -0.497 e. The Labute approximate surface area is 114 Å². The lowest BCUT2D eigenvalue weighted by atomic mass is 10.00. The molecule has 104 valence electrons. The maximum absolute atomic E-state index is 6.37. The first-order valence-electron chi connectivity index (χ1n) is 7.03. The first-order chi connectivity index (χ1) is 9.28. The molecule has 1 aromatic rings. The standard InChI is InChI=1S/C15H22N2O2/c1-18-13-6-2-4-11(8-13)15(16)14-9-17-7-3-5-12(17)10-19-14/h2,4,6,8,12,14-15H,3,5,7,9-10,16H2,1H3. The highest BCUT2D eigenvalue weighted by Crippen LogP contribution is 2.28.